The second-order valence-electron chi connectivity index (χ2n) is 16.8. The first-order valence-corrected chi connectivity index (χ1v) is 23.3. The van der Waals surface area contributed by atoms with Gasteiger partial charge in [0.1, 0.15) is 13.2 Å². The molecule has 0 fully saturated rings. The van der Waals surface area contributed by atoms with Gasteiger partial charge in [-0.1, -0.05) is 214 Å². The molecule has 53 heavy (non-hydrogen) atoms. The van der Waals surface area contributed by atoms with E-state index in [-0.39, 0.29) is 31.1 Å². The van der Waals surface area contributed by atoms with Gasteiger partial charge in [-0.2, -0.15) is 0 Å². The molecule has 1 unspecified atom stereocenters. The quantitative estimate of drug-likeness (QED) is 0.0352. The third kappa shape index (κ3) is 39.9. The van der Waals surface area contributed by atoms with Gasteiger partial charge >= 0.3 is 17.9 Å². The lowest BCUT2D eigenvalue weighted by atomic mass is 9.99. The summed E-state index contributed by atoms with van der Waals surface area (Å²) in [4.78, 5) is 37.7. The zero-order chi connectivity index (χ0) is 39.0. The van der Waals surface area contributed by atoms with Gasteiger partial charge in [0.2, 0.25) is 0 Å². The highest BCUT2D eigenvalue weighted by Gasteiger charge is 2.19. The molecule has 2 atom stereocenters. The van der Waals surface area contributed by atoms with Crippen LogP contribution in [0.4, 0.5) is 0 Å². The van der Waals surface area contributed by atoms with Crippen molar-refractivity contribution in [3.63, 3.8) is 0 Å². The highest BCUT2D eigenvalue weighted by atomic mass is 16.6. The minimum Gasteiger partial charge on any atom is -0.462 e. The maximum absolute atomic E-state index is 12.7. The van der Waals surface area contributed by atoms with Gasteiger partial charge in [0, 0.05) is 19.3 Å². The van der Waals surface area contributed by atoms with Gasteiger partial charge in [0.15, 0.2) is 6.10 Å². The number of unbranched alkanes of at least 4 members (excludes halogenated alkanes) is 25. The van der Waals surface area contributed by atoms with E-state index in [1.165, 1.54) is 141 Å². The fraction of sp³-hybridized carbons (Fsp3) is 0.936. The van der Waals surface area contributed by atoms with Crippen LogP contribution in [-0.4, -0.2) is 37.2 Å². The molecule has 0 aliphatic heterocycles. The molecule has 0 aromatic heterocycles. The number of carbonyl (C=O) groups is 3. The average molecular weight is 751 g/mol. The van der Waals surface area contributed by atoms with E-state index in [1.807, 2.05) is 0 Å². The van der Waals surface area contributed by atoms with Crippen molar-refractivity contribution in [3.05, 3.63) is 0 Å². The van der Waals surface area contributed by atoms with E-state index < -0.39 is 6.10 Å². The van der Waals surface area contributed by atoms with Crippen LogP contribution in [0.1, 0.15) is 253 Å². The lowest BCUT2D eigenvalue weighted by Gasteiger charge is -2.18. The summed E-state index contributed by atoms with van der Waals surface area (Å²) in [5, 5.41) is 0. The number of rotatable bonds is 41. The molecule has 0 saturated carbocycles. The third-order valence-electron chi connectivity index (χ3n) is 10.8. The van der Waals surface area contributed by atoms with Crippen molar-refractivity contribution in [2.75, 3.05) is 13.2 Å². The lowest BCUT2D eigenvalue weighted by molar-refractivity contribution is -0.167. The Hall–Kier alpha value is -1.59. The first-order chi connectivity index (χ1) is 25.8. The van der Waals surface area contributed by atoms with Crippen molar-refractivity contribution in [1.82, 2.24) is 0 Å². The molecule has 0 radical (unpaired) electrons. The molecule has 0 heterocycles. The summed E-state index contributed by atoms with van der Waals surface area (Å²) in [6.07, 6.45) is 38.0. The van der Waals surface area contributed by atoms with Gasteiger partial charge in [-0.05, 0) is 31.1 Å². The Labute approximate surface area is 329 Å². The van der Waals surface area contributed by atoms with Crippen molar-refractivity contribution >= 4 is 17.9 Å². The summed E-state index contributed by atoms with van der Waals surface area (Å²) >= 11 is 0. The highest BCUT2D eigenvalue weighted by molar-refractivity contribution is 5.71. The van der Waals surface area contributed by atoms with Crippen LogP contribution >= 0.6 is 0 Å². The second-order valence-corrected chi connectivity index (χ2v) is 16.8. The zero-order valence-electron chi connectivity index (χ0n) is 36.1. The summed E-state index contributed by atoms with van der Waals surface area (Å²) < 4.78 is 16.7. The average Bonchev–Trinajstić information content (AvgIpc) is 3.14. The van der Waals surface area contributed by atoms with Gasteiger partial charge in [0.05, 0.1) is 0 Å². The lowest BCUT2D eigenvalue weighted by Crippen LogP contribution is -2.30. The van der Waals surface area contributed by atoms with Crippen molar-refractivity contribution in [2.24, 2.45) is 11.8 Å². The third-order valence-corrected chi connectivity index (χ3v) is 10.8. The van der Waals surface area contributed by atoms with Gasteiger partial charge < -0.3 is 14.2 Å². The van der Waals surface area contributed by atoms with Crippen LogP contribution in [0.5, 0.6) is 0 Å². The summed E-state index contributed by atoms with van der Waals surface area (Å²) in [6, 6.07) is 0. The van der Waals surface area contributed by atoms with Crippen LogP contribution in [0.15, 0.2) is 0 Å². The summed E-state index contributed by atoms with van der Waals surface area (Å²) in [7, 11) is 0. The van der Waals surface area contributed by atoms with Crippen molar-refractivity contribution < 1.29 is 28.6 Å². The van der Waals surface area contributed by atoms with Crippen LogP contribution < -0.4 is 0 Å². The van der Waals surface area contributed by atoms with Crippen molar-refractivity contribution in [2.45, 2.75) is 259 Å². The monoisotopic (exact) mass is 751 g/mol. The van der Waals surface area contributed by atoms with Gasteiger partial charge in [-0.25, -0.2) is 0 Å². The van der Waals surface area contributed by atoms with Crippen molar-refractivity contribution in [1.29, 1.82) is 0 Å². The Bertz CT molecular complexity index is 811. The molecular formula is C47H90O6. The zero-order valence-corrected chi connectivity index (χ0v) is 36.1. The molecule has 0 aliphatic carbocycles. The molecule has 6 nitrogen and oxygen atoms in total. The molecule has 314 valence electrons. The van der Waals surface area contributed by atoms with Gasteiger partial charge in [-0.3, -0.25) is 14.4 Å². The van der Waals surface area contributed by atoms with E-state index in [0.29, 0.717) is 19.3 Å². The number of ether oxygens (including phenoxy) is 3. The topological polar surface area (TPSA) is 78.9 Å². The van der Waals surface area contributed by atoms with E-state index in [4.69, 9.17) is 14.2 Å². The van der Waals surface area contributed by atoms with E-state index in [1.54, 1.807) is 0 Å². The van der Waals surface area contributed by atoms with Crippen LogP contribution in [-0.2, 0) is 28.6 Å². The standard InChI is InChI=1S/C47H90O6/c1-6-8-9-10-11-12-13-14-19-22-29-34-39-47(50)53-44(41-52-46(49)38-33-28-24-23-25-30-35-42(3)4)40-51-45(48)37-32-27-21-18-16-15-17-20-26-31-36-43(5)7-2/h42-44H,6-41H2,1-5H3/t43?,44-/m1/s1. The summed E-state index contributed by atoms with van der Waals surface area (Å²) in [6.45, 7) is 11.3. The molecule has 0 aromatic carbocycles. The number of carbonyl (C=O) groups excluding carboxylic acids is 3. The predicted octanol–water partition coefficient (Wildman–Crippen LogP) is 14.6. The maximum atomic E-state index is 12.7. The number of hydrogen-bond acceptors (Lipinski definition) is 6. The molecule has 0 N–H and O–H groups in total. The highest BCUT2D eigenvalue weighted by Crippen LogP contribution is 2.17. The Kier molecular flexibility index (Phi) is 38.9. The Morgan fingerprint density at radius 2 is 0.717 bits per heavy atom. The number of hydrogen-bond donors (Lipinski definition) is 0. The predicted molar refractivity (Wildman–Crippen MR) is 224 cm³/mol. The number of esters is 3. The molecule has 0 rings (SSSR count). The molecule has 6 heteroatoms. The van der Waals surface area contributed by atoms with E-state index in [9.17, 15) is 14.4 Å². The molecular weight excluding hydrogens is 661 g/mol. The SMILES string of the molecule is CCCCCCCCCCCCCCC(=O)O[C@H](COC(=O)CCCCCCCCCCCCC(C)CC)COC(=O)CCCCCCCCC(C)C. The summed E-state index contributed by atoms with van der Waals surface area (Å²) in [5.41, 5.74) is 0. The first kappa shape index (κ1) is 51.4. The first-order valence-electron chi connectivity index (χ1n) is 23.3. The molecule has 0 aliphatic rings. The summed E-state index contributed by atoms with van der Waals surface area (Å²) in [5.74, 6) is 0.772. The fourth-order valence-corrected chi connectivity index (χ4v) is 6.90. The van der Waals surface area contributed by atoms with Crippen LogP contribution in [0.3, 0.4) is 0 Å². The maximum Gasteiger partial charge on any atom is 0.306 e. The van der Waals surface area contributed by atoms with Crippen LogP contribution in [0, 0.1) is 11.8 Å². The van der Waals surface area contributed by atoms with Crippen LogP contribution in [0.2, 0.25) is 0 Å². The molecule has 0 amide bonds. The van der Waals surface area contributed by atoms with Crippen molar-refractivity contribution in [3.8, 4) is 0 Å². The smallest absolute Gasteiger partial charge is 0.306 e. The van der Waals surface area contributed by atoms with Gasteiger partial charge in [0.25, 0.3) is 0 Å². The molecule has 0 saturated heterocycles. The normalized spacial score (nSPS) is 12.6. The van der Waals surface area contributed by atoms with E-state index >= 15 is 0 Å². The van der Waals surface area contributed by atoms with Gasteiger partial charge in [-0.15, -0.1) is 0 Å². The Morgan fingerprint density at radius 1 is 0.396 bits per heavy atom. The van der Waals surface area contributed by atoms with E-state index in [0.717, 1.165) is 69.6 Å². The molecule has 0 spiro atoms. The van der Waals surface area contributed by atoms with E-state index in [2.05, 4.69) is 34.6 Å². The Morgan fingerprint density at radius 3 is 1.08 bits per heavy atom. The fourth-order valence-electron chi connectivity index (χ4n) is 6.90. The Balaban J connectivity index is 4.32. The largest absolute Gasteiger partial charge is 0.462 e. The molecule has 0 bridgehead atoms. The second kappa shape index (κ2) is 40.1. The van der Waals surface area contributed by atoms with Crippen LogP contribution in [0.25, 0.3) is 0 Å². The minimum absolute atomic E-state index is 0.0654. The minimum atomic E-state index is -0.760. The molecule has 0 aromatic rings.